The van der Waals surface area contributed by atoms with Crippen LogP contribution >= 0.6 is 0 Å². The number of nitrogens with zero attached hydrogens (tertiary/aromatic N) is 3. The molecule has 1 aliphatic rings. The number of hydrogen-bond donors (Lipinski definition) is 0. The minimum absolute atomic E-state index is 0.111. The highest BCUT2D eigenvalue weighted by Gasteiger charge is 2.29. The summed E-state index contributed by atoms with van der Waals surface area (Å²) in [5.74, 6) is -0.210. The number of amidine groups is 1. The van der Waals surface area contributed by atoms with Crippen LogP contribution in [0.15, 0.2) is 35.0 Å². The molecule has 0 radical (unpaired) electrons. The fourth-order valence-electron chi connectivity index (χ4n) is 2.71. The van der Waals surface area contributed by atoms with Crippen LogP contribution in [0.4, 0.5) is 5.69 Å². The second kappa shape index (κ2) is 8.46. The molecule has 134 valence electrons. The van der Waals surface area contributed by atoms with Gasteiger partial charge in [0.05, 0.1) is 6.61 Å². The standard InChI is InChI=1S/C19H25N3O3/c1-5-21(6-2)16-10-8-15(9-11-16)12-17-19(24)22(14(4)20-17)13-18(23)25-7-3/h8-12H,5-7,13H2,1-4H3/b17-12-. The lowest BCUT2D eigenvalue weighted by Gasteiger charge is -2.20. The largest absolute Gasteiger partial charge is 0.465 e. The van der Waals surface area contributed by atoms with E-state index in [9.17, 15) is 9.59 Å². The van der Waals surface area contributed by atoms with Crippen LogP contribution in [-0.2, 0) is 14.3 Å². The number of rotatable bonds is 7. The molecule has 1 aromatic rings. The van der Waals surface area contributed by atoms with E-state index >= 15 is 0 Å². The van der Waals surface area contributed by atoms with E-state index in [1.807, 2.05) is 24.3 Å². The molecule has 0 aliphatic carbocycles. The van der Waals surface area contributed by atoms with Crippen LogP contribution in [0.1, 0.15) is 33.3 Å². The number of carbonyl (C=O) groups excluding carboxylic acids is 2. The molecular formula is C19H25N3O3. The number of carbonyl (C=O) groups is 2. The molecule has 6 heteroatoms. The number of ether oxygens (including phenoxy) is 1. The Bertz CT molecular complexity index is 688. The zero-order valence-corrected chi connectivity index (χ0v) is 15.3. The summed E-state index contributed by atoms with van der Waals surface area (Å²) in [5, 5.41) is 0. The Labute approximate surface area is 148 Å². The normalized spacial score (nSPS) is 15.5. The smallest absolute Gasteiger partial charge is 0.326 e. The third kappa shape index (κ3) is 4.47. The first-order valence-corrected chi connectivity index (χ1v) is 8.59. The maximum Gasteiger partial charge on any atom is 0.326 e. The van der Waals surface area contributed by atoms with E-state index in [1.165, 1.54) is 4.90 Å². The highest BCUT2D eigenvalue weighted by Crippen LogP contribution is 2.20. The lowest BCUT2D eigenvalue weighted by molar-refractivity contribution is -0.145. The van der Waals surface area contributed by atoms with Gasteiger partial charge in [-0.2, -0.15) is 0 Å². The molecule has 6 nitrogen and oxygen atoms in total. The molecule has 0 aromatic heterocycles. The van der Waals surface area contributed by atoms with E-state index in [4.69, 9.17) is 4.74 Å². The molecule has 0 spiro atoms. The van der Waals surface area contributed by atoms with Crippen molar-refractivity contribution in [1.82, 2.24) is 4.90 Å². The van der Waals surface area contributed by atoms with Crippen LogP contribution in [-0.4, -0.2) is 48.9 Å². The number of amides is 1. The van der Waals surface area contributed by atoms with Gasteiger partial charge >= 0.3 is 5.97 Å². The van der Waals surface area contributed by atoms with Gasteiger partial charge in [0.1, 0.15) is 18.1 Å². The second-order valence-corrected chi connectivity index (χ2v) is 5.65. The Morgan fingerprint density at radius 3 is 2.40 bits per heavy atom. The fourth-order valence-corrected chi connectivity index (χ4v) is 2.71. The minimum Gasteiger partial charge on any atom is -0.465 e. The van der Waals surface area contributed by atoms with Gasteiger partial charge in [-0.3, -0.25) is 14.5 Å². The second-order valence-electron chi connectivity index (χ2n) is 5.65. The average molecular weight is 343 g/mol. The molecule has 0 N–H and O–H groups in total. The quantitative estimate of drug-likeness (QED) is 0.564. The highest BCUT2D eigenvalue weighted by atomic mass is 16.5. The first-order chi connectivity index (χ1) is 12.0. The number of esters is 1. The van der Waals surface area contributed by atoms with Crippen molar-refractivity contribution in [3.8, 4) is 0 Å². The Hall–Kier alpha value is -2.63. The Kier molecular flexibility index (Phi) is 6.33. The summed E-state index contributed by atoms with van der Waals surface area (Å²) in [6.07, 6.45) is 1.74. The number of aliphatic imine (C=N–C) groups is 1. The van der Waals surface area contributed by atoms with Gasteiger partial charge < -0.3 is 9.64 Å². The van der Waals surface area contributed by atoms with Gasteiger partial charge in [0.15, 0.2) is 0 Å². The van der Waals surface area contributed by atoms with Crippen molar-refractivity contribution < 1.29 is 14.3 Å². The third-order valence-electron chi connectivity index (χ3n) is 4.05. The van der Waals surface area contributed by atoms with Crippen molar-refractivity contribution in [3.63, 3.8) is 0 Å². The van der Waals surface area contributed by atoms with Crippen molar-refractivity contribution in [1.29, 1.82) is 0 Å². The summed E-state index contributed by atoms with van der Waals surface area (Å²) in [6, 6.07) is 8.00. The van der Waals surface area contributed by atoms with Crippen molar-refractivity contribution in [2.45, 2.75) is 27.7 Å². The maximum atomic E-state index is 12.5. The average Bonchev–Trinajstić information content (AvgIpc) is 2.85. The van der Waals surface area contributed by atoms with Crippen molar-refractivity contribution in [2.75, 3.05) is 31.1 Å². The zero-order chi connectivity index (χ0) is 18.4. The van der Waals surface area contributed by atoms with E-state index < -0.39 is 5.97 Å². The van der Waals surface area contributed by atoms with E-state index in [0.29, 0.717) is 18.1 Å². The molecule has 1 amide bonds. The summed E-state index contributed by atoms with van der Waals surface area (Å²) in [6.45, 7) is 9.75. The third-order valence-corrected chi connectivity index (χ3v) is 4.05. The van der Waals surface area contributed by atoms with Crippen LogP contribution in [0.3, 0.4) is 0 Å². The molecule has 0 bridgehead atoms. The van der Waals surface area contributed by atoms with Crippen molar-refractivity contribution >= 4 is 29.5 Å². The van der Waals surface area contributed by atoms with Crippen LogP contribution < -0.4 is 4.90 Å². The molecular weight excluding hydrogens is 318 g/mol. The molecule has 25 heavy (non-hydrogen) atoms. The van der Waals surface area contributed by atoms with Gasteiger partial charge in [-0.25, -0.2) is 4.99 Å². The summed E-state index contributed by atoms with van der Waals surface area (Å²) in [7, 11) is 0. The van der Waals surface area contributed by atoms with Gasteiger partial charge in [0.2, 0.25) is 0 Å². The first-order valence-electron chi connectivity index (χ1n) is 8.59. The van der Waals surface area contributed by atoms with E-state index in [0.717, 1.165) is 24.3 Å². The Balaban J connectivity index is 2.13. The van der Waals surface area contributed by atoms with Crippen LogP contribution in [0, 0.1) is 0 Å². The summed E-state index contributed by atoms with van der Waals surface area (Å²) in [4.78, 5) is 32.0. The van der Waals surface area contributed by atoms with E-state index in [1.54, 1.807) is 19.9 Å². The SMILES string of the molecule is CCOC(=O)CN1C(=O)/C(=C/c2ccc(N(CC)CC)cc2)N=C1C. The van der Waals surface area contributed by atoms with E-state index in [2.05, 4.69) is 23.7 Å². The minimum atomic E-state index is -0.435. The molecule has 1 aliphatic heterocycles. The monoisotopic (exact) mass is 343 g/mol. The van der Waals surface area contributed by atoms with Crippen molar-refractivity contribution in [3.05, 3.63) is 35.5 Å². The lowest BCUT2D eigenvalue weighted by atomic mass is 10.1. The number of hydrogen-bond acceptors (Lipinski definition) is 5. The van der Waals surface area contributed by atoms with Gasteiger partial charge in [0, 0.05) is 18.8 Å². The van der Waals surface area contributed by atoms with Crippen LogP contribution in [0.2, 0.25) is 0 Å². The van der Waals surface area contributed by atoms with E-state index in [-0.39, 0.29) is 12.5 Å². The van der Waals surface area contributed by atoms with Gasteiger partial charge in [-0.05, 0) is 51.5 Å². The predicted octanol–water partition coefficient (Wildman–Crippen LogP) is 2.70. The Morgan fingerprint density at radius 2 is 1.84 bits per heavy atom. The lowest BCUT2D eigenvalue weighted by Crippen LogP contribution is -2.36. The topological polar surface area (TPSA) is 62.2 Å². The van der Waals surface area contributed by atoms with Gasteiger partial charge in [-0.1, -0.05) is 12.1 Å². The number of anilines is 1. The summed E-state index contributed by atoms with van der Waals surface area (Å²) in [5.41, 5.74) is 2.37. The Morgan fingerprint density at radius 1 is 1.20 bits per heavy atom. The fraction of sp³-hybridized carbons (Fsp3) is 0.421. The molecule has 0 saturated carbocycles. The maximum absolute atomic E-state index is 12.5. The van der Waals surface area contributed by atoms with Crippen molar-refractivity contribution in [2.24, 2.45) is 4.99 Å². The van der Waals surface area contributed by atoms with Gasteiger partial charge in [0.25, 0.3) is 5.91 Å². The molecule has 0 saturated heterocycles. The molecule has 1 aromatic carbocycles. The number of benzene rings is 1. The molecule has 0 atom stereocenters. The molecule has 1 heterocycles. The van der Waals surface area contributed by atoms with Gasteiger partial charge in [-0.15, -0.1) is 0 Å². The molecule has 2 rings (SSSR count). The molecule has 0 unspecified atom stereocenters. The summed E-state index contributed by atoms with van der Waals surface area (Å²) >= 11 is 0. The zero-order valence-electron chi connectivity index (χ0n) is 15.3. The van der Waals surface area contributed by atoms with Crippen LogP contribution in [0.5, 0.6) is 0 Å². The highest BCUT2D eigenvalue weighted by molar-refractivity contribution is 6.14. The predicted molar refractivity (Wildman–Crippen MR) is 99.4 cm³/mol. The first kappa shape index (κ1) is 18.7. The van der Waals surface area contributed by atoms with Crippen LogP contribution in [0.25, 0.3) is 6.08 Å². The summed E-state index contributed by atoms with van der Waals surface area (Å²) < 4.78 is 4.90. The molecule has 0 fully saturated rings.